The van der Waals surface area contributed by atoms with Gasteiger partial charge in [0.15, 0.2) is 0 Å². The molecule has 2 bridgehead atoms. The molecular weight excluding hydrogens is 266 g/mol. The van der Waals surface area contributed by atoms with Crippen molar-refractivity contribution in [3.63, 3.8) is 0 Å². The maximum absolute atomic E-state index is 12.0. The van der Waals surface area contributed by atoms with Gasteiger partial charge < -0.3 is 14.8 Å². The van der Waals surface area contributed by atoms with E-state index < -0.39 is 6.09 Å². The Labute approximate surface area is 124 Å². The van der Waals surface area contributed by atoms with Crippen LogP contribution in [0.2, 0.25) is 0 Å². The zero-order valence-corrected chi connectivity index (χ0v) is 12.2. The highest BCUT2D eigenvalue weighted by Crippen LogP contribution is 2.56. The van der Waals surface area contributed by atoms with Crippen molar-refractivity contribution in [2.75, 3.05) is 0 Å². The van der Waals surface area contributed by atoms with E-state index in [1.165, 1.54) is 0 Å². The van der Waals surface area contributed by atoms with Crippen LogP contribution in [-0.4, -0.2) is 18.4 Å². The molecule has 3 rings (SSSR count). The second-order valence-electron chi connectivity index (χ2n) is 6.55. The van der Waals surface area contributed by atoms with Crippen molar-refractivity contribution in [3.8, 4) is 0 Å². The van der Waals surface area contributed by atoms with Crippen LogP contribution in [-0.2, 0) is 16.1 Å². The summed E-state index contributed by atoms with van der Waals surface area (Å²) in [7, 11) is 0. The molecule has 2 aliphatic carbocycles. The van der Waals surface area contributed by atoms with Crippen molar-refractivity contribution in [3.05, 3.63) is 35.9 Å². The fourth-order valence-electron chi connectivity index (χ4n) is 4.01. The van der Waals surface area contributed by atoms with Crippen LogP contribution >= 0.6 is 0 Å². The minimum atomic E-state index is -0.424. The quantitative estimate of drug-likeness (QED) is 0.866. The number of rotatable bonds is 4. The summed E-state index contributed by atoms with van der Waals surface area (Å²) < 4.78 is 5.26. The Hall–Kier alpha value is -1.84. The minimum Gasteiger partial charge on any atom is -0.445 e. The maximum atomic E-state index is 12.0. The smallest absolute Gasteiger partial charge is 0.407 e. The highest BCUT2D eigenvalue weighted by atomic mass is 16.5. The number of carbonyl (C=O) groups is 2. The molecule has 2 saturated carbocycles. The third-order valence-corrected chi connectivity index (χ3v) is 5.16. The van der Waals surface area contributed by atoms with Gasteiger partial charge in [-0.2, -0.15) is 0 Å². The lowest BCUT2D eigenvalue weighted by atomic mass is 9.75. The summed E-state index contributed by atoms with van der Waals surface area (Å²) >= 11 is 0. The van der Waals surface area contributed by atoms with Gasteiger partial charge >= 0.3 is 6.09 Å². The summed E-state index contributed by atoms with van der Waals surface area (Å²) in [6.07, 6.45) is 3.79. The van der Waals surface area contributed by atoms with E-state index in [0.29, 0.717) is 5.92 Å². The van der Waals surface area contributed by atoms with Crippen LogP contribution in [0.15, 0.2) is 30.3 Å². The molecular formula is C17H21NO3. The molecule has 0 aliphatic heterocycles. The molecule has 1 N–H and O–H groups in total. The second-order valence-corrected chi connectivity index (χ2v) is 6.55. The summed E-state index contributed by atoms with van der Waals surface area (Å²) in [6, 6.07) is 9.52. The largest absolute Gasteiger partial charge is 0.445 e. The Balaban J connectivity index is 1.57. The predicted octanol–water partition coefficient (Wildman–Crippen LogP) is 2.92. The number of hydrogen-bond donors (Lipinski definition) is 1. The third-order valence-electron chi connectivity index (χ3n) is 5.16. The van der Waals surface area contributed by atoms with Gasteiger partial charge in [-0.25, -0.2) is 4.79 Å². The normalized spacial score (nSPS) is 33.7. The first kappa shape index (κ1) is 14.1. The number of ether oxygens (including phenoxy) is 1. The monoisotopic (exact) mass is 287 g/mol. The molecule has 0 radical (unpaired) electrons. The summed E-state index contributed by atoms with van der Waals surface area (Å²) in [4.78, 5) is 23.3. The first-order chi connectivity index (χ1) is 10.1. The van der Waals surface area contributed by atoms with E-state index in [2.05, 4.69) is 12.2 Å². The van der Waals surface area contributed by atoms with Crippen LogP contribution in [0.4, 0.5) is 4.79 Å². The van der Waals surface area contributed by atoms with Gasteiger partial charge in [-0.1, -0.05) is 37.3 Å². The van der Waals surface area contributed by atoms with Crippen molar-refractivity contribution in [2.45, 2.75) is 38.8 Å². The number of hydrogen-bond acceptors (Lipinski definition) is 3. The molecule has 0 aromatic heterocycles. The van der Waals surface area contributed by atoms with Gasteiger partial charge in [0.05, 0.1) is 0 Å². The molecule has 4 atom stereocenters. The zero-order chi connectivity index (χ0) is 14.9. The van der Waals surface area contributed by atoms with Crippen LogP contribution in [0.25, 0.3) is 0 Å². The first-order valence-electron chi connectivity index (χ1n) is 7.55. The Morgan fingerprint density at radius 1 is 1.43 bits per heavy atom. The molecule has 1 aromatic rings. The number of alkyl carbamates (subject to hydrolysis) is 1. The first-order valence-corrected chi connectivity index (χ1v) is 7.55. The minimum absolute atomic E-state index is 0.0593. The fourth-order valence-corrected chi connectivity index (χ4v) is 4.01. The predicted molar refractivity (Wildman–Crippen MR) is 78.6 cm³/mol. The number of fused-ring (bicyclic) bond motifs is 2. The molecule has 4 nitrogen and oxygen atoms in total. The van der Waals surface area contributed by atoms with E-state index in [9.17, 15) is 9.59 Å². The fraction of sp³-hybridized carbons (Fsp3) is 0.529. The van der Waals surface area contributed by atoms with Crippen molar-refractivity contribution in [2.24, 2.45) is 17.3 Å². The number of aldehydes is 1. The molecule has 1 aromatic carbocycles. The lowest BCUT2D eigenvalue weighted by Gasteiger charge is -2.33. The van der Waals surface area contributed by atoms with E-state index in [4.69, 9.17) is 4.74 Å². The van der Waals surface area contributed by atoms with E-state index in [0.717, 1.165) is 31.1 Å². The molecule has 2 aliphatic rings. The number of carbonyl (C=O) groups excluding carboxylic acids is 2. The molecule has 0 spiro atoms. The Kier molecular flexibility index (Phi) is 3.70. The standard InChI is InChI=1S/C17H21NO3/c1-17-8-7-13(9-17)15(14(17)10-19)18-16(20)21-11-12-5-3-2-4-6-12/h2-6,10,13-15H,7-9,11H2,1H3,(H,18,20)/t13-,14+,15-,17+/m0/s1. The molecule has 0 saturated heterocycles. The number of benzene rings is 1. The maximum Gasteiger partial charge on any atom is 0.407 e. The van der Waals surface area contributed by atoms with Gasteiger partial charge in [-0.05, 0) is 36.2 Å². The highest BCUT2D eigenvalue weighted by Gasteiger charge is 2.55. The average molecular weight is 287 g/mol. The molecule has 21 heavy (non-hydrogen) atoms. The Morgan fingerprint density at radius 2 is 2.19 bits per heavy atom. The van der Waals surface area contributed by atoms with Crippen molar-refractivity contribution in [1.82, 2.24) is 5.32 Å². The van der Waals surface area contributed by atoms with E-state index >= 15 is 0 Å². The zero-order valence-electron chi connectivity index (χ0n) is 12.2. The van der Waals surface area contributed by atoms with Gasteiger partial charge in [-0.3, -0.25) is 0 Å². The molecule has 0 heterocycles. The van der Waals surface area contributed by atoms with Crippen LogP contribution in [0, 0.1) is 17.3 Å². The van der Waals surface area contributed by atoms with Gasteiger partial charge in [0, 0.05) is 12.0 Å². The van der Waals surface area contributed by atoms with Gasteiger partial charge in [0.25, 0.3) is 0 Å². The Morgan fingerprint density at radius 3 is 2.90 bits per heavy atom. The summed E-state index contributed by atoms with van der Waals surface area (Å²) in [6.45, 7) is 2.41. The molecule has 112 valence electrons. The Bertz CT molecular complexity index is 530. The molecule has 0 unspecified atom stereocenters. The van der Waals surface area contributed by atoms with Crippen LogP contribution in [0.1, 0.15) is 31.7 Å². The average Bonchev–Trinajstić information content (AvgIpc) is 3.00. The van der Waals surface area contributed by atoms with Gasteiger partial charge in [-0.15, -0.1) is 0 Å². The SMILES string of the molecule is C[C@@]12CC[C@@H](C1)[C@H](NC(=O)OCc1ccccc1)[C@H]2C=O. The lowest BCUT2D eigenvalue weighted by Crippen LogP contribution is -2.46. The van der Waals surface area contributed by atoms with E-state index in [-0.39, 0.29) is 24.0 Å². The van der Waals surface area contributed by atoms with E-state index in [1.807, 2.05) is 30.3 Å². The summed E-state index contributed by atoms with van der Waals surface area (Å²) in [5.74, 6) is 0.329. The van der Waals surface area contributed by atoms with E-state index in [1.54, 1.807) is 0 Å². The molecule has 2 fully saturated rings. The lowest BCUT2D eigenvalue weighted by molar-refractivity contribution is -0.114. The van der Waals surface area contributed by atoms with Crippen LogP contribution in [0.3, 0.4) is 0 Å². The van der Waals surface area contributed by atoms with Crippen LogP contribution in [0.5, 0.6) is 0 Å². The van der Waals surface area contributed by atoms with Crippen molar-refractivity contribution < 1.29 is 14.3 Å². The highest BCUT2D eigenvalue weighted by molar-refractivity contribution is 5.69. The summed E-state index contributed by atoms with van der Waals surface area (Å²) in [5, 5.41) is 2.91. The summed E-state index contributed by atoms with van der Waals surface area (Å²) in [5.41, 5.74) is 1.02. The topological polar surface area (TPSA) is 55.4 Å². The number of amides is 1. The van der Waals surface area contributed by atoms with Crippen molar-refractivity contribution >= 4 is 12.4 Å². The van der Waals surface area contributed by atoms with Crippen molar-refractivity contribution in [1.29, 1.82) is 0 Å². The third kappa shape index (κ3) is 2.67. The van der Waals surface area contributed by atoms with Gasteiger partial charge in [0.2, 0.25) is 0 Å². The molecule has 1 amide bonds. The number of nitrogens with one attached hydrogen (secondary N) is 1. The van der Waals surface area contributed by atoms with Gasteiger partial charge in [0.1, 0.15) is 12.9 Å². The molecule has 4 heteroatoms. The van der Waals surface area contributed by atoms with Crippen LogP contribution < -0.4 is 5.32 Å². The second kappa shape index (κ2) is 5.51.